The van der Waals surface area contributed by atoms with E-state index in [1.165, 1.54) is 7.11 Å². The average Bonchev–Trinajstić information content (AvgIpc) is 2.72. The molecule has 2 rings (SSSR count). The Morgan fingerprint density at radius 2 is 1.90 bits per heavy atom. The van der Waals surface area contributed by atoms with Crippen LogP contribution in [0.1, 0.15) is 35.3 Å². The molecule has 1 unspecified atom stereocenters. The van der Waals surface area contributed by atoms with Gasteiger partial charge in [-0.2, -0.15) is 0 Å². The number of nitro benzene ring substituents is 1. The number of non-ortho nitro benzene ring substituents is 1. The van der Waals surface area contributed by atoms with Crippen molar-refractivity contribution in [1.82, 2.24) is 5.32 Å². The van der Waals surface area contributed by atoms with Crippen LogP contribution in [0.25, 0.3) is 0 Å². The van der Waals surface area contributed by atoms with Crippen molar-refractivity contribution in [3.05, 3.63) is 63.7 Å². The Morgan fingerprint density at radius 1 is 1.19 bits per heavy atom. The van der Waals surface area contributed by atoms with Gasteiger partial charge in [0.2, 0.25) is 0 Å². The van der Waals surface area contributed by atoms with Crippen LogP contribution >= 0.6 is 0 Å². The fraction of sp³-hybridized carbons (Fsp3) is 0.300. The molecule has 166 valence electrons. The van der Waals surface area contributed by atoms with E-state index in [1.54, 1.807) is 31.2 Å². The number of carbonyl (C=O) groups excluding carboxylic acids is 2. The standard InChI is InChI=1S/C20H22N2O8S/c1-4-30-19(23)12-18(13-6-5-7-16(9-13)29-2)21-20(24)14-8-15(22(25)26)11-17(10-14)31(3,27)28/h5-11,18H,4,12H2,1-3H3,(H,21,24). The first-order valence-corrected chi connectivity index (χ1v) is 11.0. The van der Waals surface area contributed by atoms with Crippen LogP contribution in [0.3, 0.4) is 0 Å². The lowest BCUT2D eigenvalue weighted by atomic mass is 10.0. The first-order chi connectivity index (χ1) is 14.5. The van der Waals surface area contributed by atoms with E-state index in [0.717, 1.165) is 24.5 Å². The lowest BCUT2D eigenvalue weighted by Gasteiger charge is -2.19. The first-order valence-electron chi connectivity index (χ1n) is 9.15. The fourth-order valence-electron chi connectivity index (χ4n) is 2.77. The van der Waals surface area contributed by atoms with Gasteiger partial charge < -0.3 is 14.8 Å². The summed E-state index contributed by atoms with van der Waals surface area (Å²) in [6.45, 7) is 1.80. The Morgan fingerprint density at radius 3 is 2.48 bits per heavy atom. The molecule has 0 saturated carbocycles. The van der Waals surface area contributed by atoms with Crippen molar-refractivity contribution < 1.29 is 32.4 Å². The van der Waals surface area contributed by atoms with E-state index < -0.39 is 38.4 Å². The minimum absolute atomic E-state index is 0.153. The van der Waals surface area contributed by atoms with Crippen molar-refractivity contribution in [3.63, 3.8) is 0 Å². The van der Waals surface area contributed by atoms with Gasteiger partial charge in [0.1, 0.15) is 5.75 Å². The zero-order chi connectivity index (χ0) is 23.2. The summed E-state index contributed by atoms with van der Waals surface area (Å²) in [5, 5.41) is 13.8. The zero-order valence-corrected chi connectivity index (χ0v) is 18.0. The number of nitro groups is 1. The Balaban J connectivity index is 2.44. The molecule has 2 aromatic carbocycles. The molecule has 0 aliphatic heterocycles. The molecule has 0 spiro atoms. The Kier molecular flexibility index (Phi) is 7.70. The third-order valence-corrected chi connectivity index (χ3v) is 5.36. The van der Waals surface area contributed by atoms with Gasteiger partial charge in [-0.3, -0.25) is 19.7 Å². The molecule has 0 aliphatic carbocycles. The van der Waals surface area contributed by atoms with Gasteiger partial charge in [-0.15, -0.1) is 0 Å². The number of carbonyl (C=O) groups is 2. The molecular weight excluding hydrogens is 428 g/mol. The number of rotatable bonds is 9. The van der Waals surface area contributed by atoms with Gasteiger partial charge in [-0.05, 0) is 30.7 Å². The highest BCUT2D eigenvalue weighted by Gasteiger charge is 2.24. The number of sulfone groups is 1. The number of ether oxygens (including phenoxy) is 2. The van der Waals surface area contributed by atoms with Crippen LogP contribution in [0.2, 0.25) is 0 Å². The number of nitrogens with one attached hydrogen (secondary N) is 1. The van der Waals surface area contributed by atoms with Crippen molar-refractivity contribution in [1.29, 1.82) is 0 Å². The number of benzene rings is 2. The highest BCUT2D eigenvalue weighted by atomic mass is 32.2. The van der Waals surface area contributed by atoms with Crippen LogP contribution < -0.4 is 10.1 Å². The smallest absolute Gasteiger partial charge is 0.308 e. The number of hydrogen-bond donors (Lipinski definition) is 1. The fourth-order valence-corrected chi connectivity index (χ4v) is 3.45. The van der Waals surface area contributed by atoms with Crippen LogP contribution in [-0.4, -0.2) is 45.2 Å². The van der Waals surface area contributed by atoms with Crippen molar-refractivity contribution in [2.75, 3.05) is 20.0 Å². The molecule has 2 aromatic rings. The summed E-state index contributed by atoms with van der Waals surface area (Å²) in [5.41, 5.74) is -0.239. The number of amides is 1. The molecule has 0 fully saturated rings. The maximum absolute atomic E-state index is 12.9. The summed E-state index contributed by atoms with van der Waals surface area (Å²) >= 11 is 0. The third-order valence-electron chi connectivity index (χ3n) is 4.27. The van der Waals surface area contributed by atoms with E-state index in [-0.39, 0.29) is 23.5 Å². The highest BCUT2D eigenvalue weighted by molar-refractivity contribution is 7.90. The zero-order valence-electron chi connectivity index (χ0n) is 17.2. The second kappa shape index (κ2) is 10.0. The first kappa shape index (κ1) is 23.8. The summed E-state index contributed by atoms with van der Waals surface area (Å²) in [6, 6.07) is 8.70. The van der Waals surface area contributed by atoms with Gasteiger partial charge in [0.15, 0.2) is 9.84 Å². The number of hydrogen-bond acceptors (Lipinski definition) is 8. The molecule has 0 radical (unpaired) electrons. The Labute approximate surface area is 179 Å². The van der Waals surface area contributed by atoms with Crippen molar-refractivity contribution in [2.24, 2.45) is 0 Å². The molecule has 0 saturated heterocycles. The molecule has 11 heteroatoms. The molecule has 1 N–H and O–H groups in total. The molecule has 0 bridgehead atoms. The maximum atomic E-state index is 12.9. The summed E-state index contributed by atoms with van der Waals surface area (Å²) in [6.07, 6.45) is 0.675. The Hall–Kier alpha value is -3.47. The molecule has 1 atom stereocenters. The van der Waals surface area contributed by atoms with E-state index in [0.29, 0.717) is 11.3 Å². The summed E-state index contributed by atoms with van der Waals surface area (Å²) in [5.74, 6) is -0.854. The van der Waals surface area contributed by atoms with E-state index >= 15 is 0 Å². The summed E-state index contributed by atoms with van der Waals surface area (Å²) in [4.78, 5) is 35.0. The molecule has 0 aromatic heterocycles. The lowest BCUT2D eigenvalue weighted by molar-refractivity contribution is -0.385. The second-order valence-electron chi connectivity index (χ2n) is 6.56. The minimum Gasteiger partial charge on any atom is -0.497 e. The van der Waals surface area contributed by atoms with Crippen LogP contribution in [0.4, 0.5) is 5.69 Å². The van der Waals surface area contributed by atoms with Crippen molar-refractivity contribution in [3.8, 4) is 5.75 Å². The monoisotopic (exact) mass is 450 g/mol. The summed E-state index contributed by atoms with van der Waals surface area (Å²) in [7, 11) is -2.34. The molecule has 0 aliphatic rings. The van der Waals surface area contributed by atoms with Crippen molar-refractivity contribution >= 4 is 27.4 Å². The van der Waals surface area contributed by atoms with Gasteiger partial charge in [0.25, 0.3) is 11.6 Å². The Bertz CT molecular complexity index is 1100. The number of esters is 1. The maximum Gasteiger partial charge on any atom is 0.308 e. The molecule has 0 heterocycles. The van der Waals surface area contributed by atoms with E-state index in [2.05, 4.69) is 5.32 Å². The third kappa shape index (κ3) is 6.51. The van der Waals surface area contributed by atoms with Gasteiger partial charge in [-0.1, -0.05) is 12.1 Å². The predicted molar refractivity (Wildman–Crippen MR) is 111 cm³/mol. The topological polar surface area (TPSA) is 142 Å². The van der Waals surface area contributed by atoms with Gasteiger partial charge in [0.05, 0.1) is 36.0 Å². The summed E-state index contributed by atoms with van der Waals surface area (Å²) < 4.78 is 33.9. The normalized spacial score (nSPS) is 12.0. The van der Waals surface area contributed by atoms with E-state index in [1.807, 2.05) is 0 Å². The van der Waals surface area contributed by atoms with Crippen LogP contribution in [0.15, 0.2) is 47.4 Å². The molecule has 31 heavy (non-hydrogen) atoms. The quantitative estimate of drug-likeness (QED) is 0.349. The van der Waals surface area contributed by atoms with E-state index in [9.17, 15) is 28.1 Å². The largest absolute Gasteiger partial charge is 0.497 e. The second-order valence-corrected chi connectivity index (χ2v) is 8.57. The predicted octanol–water partition coefficient (Wildman–Crippen LogP) is 2.43. The SMILES string of the molecule is CCOC(=O)CC(NC(=O)c1cc([N+](=O)[O-])cc(S(C)(=O)=O)c1)c1cccc(OC)c1. The van der Waals surface area contributed by atoms with Crippen LogP contribution in [0.5, 0.6) is 5.75 Å². The van der Waals surface area contributed by atoms with Crippen LogP contribution in [-0.2, 0) is 19.4 Å². The van der Waals surface area contributed by atoms with E-state index in [4.69, 9.17) is 9.47 Å². The molecule has 1 amide bonds. The van der Waals surface area contributed by atoms with Gasteiger partial charge >= 0.3 is 5.97 Å². The highest BCUT2D eigenvalue weighted by Crippen LogP contribution is 2.25. The lowest BCUT2D eigenvalue weighted by Crippen LogP contribution is -2.31. The van der Waals surface area contributed by atoms with Crippen LogP contribution in [0, 0.1) is 10.1 Å². The average molecular weight is 450 g/mol. The molecule has 10 nitrogen and oxygen atoms in total. The van der Waals surface area contributed by atoms with Gasteiger partial charge in [0, 0.05) is 24.0 Å². The minimum atomic E-state index is -3.81. The van der Waals surface area contributed by atoms with Crippen molar-refractivity contribution in [2.45, 2.75) is 24.3 Å². The molecular formula is C20H22N2O8S. The van der Waals surface area contributed by atoms with Gasteiger partial charge in [-0.25, -0.2) is 8.42 Å². The number of methoxy groups -OCH3 is 1. The number of nitrogens with zero attached hydrogens (tertiary/aromatic N) is 1.